The van der Waals surface area contributed by atoms with Crippen LogP contribution in [0, 0.1) is 0 Å². The first kappa shape index (κ1) is 18.8. The molecule has 0 saturated carbocycles. The topological polar surface area (TPSA) is 58.9 Å². The van der Waals surface area contributed by atoms with Crippen LogP contribution in [0.4, 0.5) is 0 Å². The van der Waals surface area contributed by atoms with Crippen molar-refractivity contribution in [1.29, 1.82) is 0 Å². The van der Waals surface area contributed by atoms with E-state index in [0.29, 0.717) is 22.3 Å². The summed E-state index contributed by atoms with van der Waals surface area (Å²) in [6.45, 7) is 1.47. The second-order valence-corrected chi connectivity index (χ2v) is 5.27. The highest BCUT2D eigenvalue weighted by Crippen LogP contribution is 2.24. The molecular weight excluding hydrogens is 347 g/mol. The maximum absolute atomic E-state index is 11.9. The molecule has 2 rings (SSSR count). The lowest BCUT2D eigenvalue weighted by Crippen LogP contribution is -2.27. The largest absolute Gasteiger partial charge is 0.351 e. The number of benzene rings is 1. The highest BCUT2D eigenvalue weighted by atomic mass is 35.5. The third-order valence-electron chi connectivity index (χ3n) is 2.88. The summed E-state index contributed by atoms with van der Waals surface area (Å²) in [4.78, 5) is 11.9. The van der Waals surface area contributed by atoms with Gasteiger partial charge in [-0.1, -0.05) is 23.2 Å². The molecule has 0 atom stereocenters. The van der Waals surface area contributed by atoms with Gasteiger partial charge in [-0.2, -0.15) is 5.10 Å². The number of halogens is 3. The summed E-state index contributed by atoms with van der Waals surface area (Å²) in [6.07, 6.45) is 2.58. The van der Waals surface area contributed by atoms with Gasteiger partial charge in [-0.05, 0) is 44.3 Å². The molecule has 0 spiro atoms. The third-order valence-corrected chi connectivity index (χ3v) is 3.62. The molecule has 0 radical (unpaired) electrons. The van der Waals surface area contributed by atoms with Gasteiger partial charge in [0.15, 0.2) is 5.69 Å². The number of amides is 1. The van der Waals surface area contributed by atoms with Crippen molar-refractivity contribution in [3.63, 3.8) is 0 Å². The first-order chi connectivity index (χ1) is 10.1. The minimum Gasteiger partial charge on any atom is -0.351 e. The molecule has 0 aliphatic carbocycles. The summed E-state index contributed by atoms with van der Waals surface area (Å²) in [7, 11) is 1.88. The van der Waals surface area contributed by atoms with E-state index in [1.807, 2.05) is 7.05 Å². The SMILES string of the molecule is CNCCCNC(=O)c1ccn(-c2ccc(Cl)c(Cl)c2)n1.Cl. The first-order valence-electron chi connectivity index (χ1n) is 6.55. The van der Waals surface area contributed by atoms with Gasteiger partial charge < -0.3 is 10.6 Å². The Balaban J connectivity index is 0.00000242. The standard InChI is InChI=1S/C14H16Cl2N4O.ClH/c1-17-6-2-7-18-14(21)13-5-8-20(19-13)10-3-4-11(15)12(16)9-10;/h3-5,8-9,17H,2,6-7H2,1H3,(H,18,21);1H. The second kappa shape index (κ2) is 9.00. The van der Waals surface area contributed by atoms with Gasteiger partial charge in [0.25, 0.3) is 5.91 Å². The van der Waals surface area contributed by atoms with Crippen molar-refractivity contribution in [2.75, 3.05) is 20.1 Å². The van der Waals surface area contributed by atoms with E-state index in [-0.39, 0.29) is 18.3 Å². The highest BCUT2D eigenvalue weighted by molar-refractivity contribution is 6.42. The summed E-state index contributed by atoms with van der Waals surface area (Å²) in [5.41, 5.74) is 1.11. The Bertz CT molecular complexity index is 630. The summed E-state index contributed by atoms with van der Waals surface area (Å²) in [5, 5.41) is 11.0. The molecule has 0 bridgehead atoms. The van der Waals surface area contributed by atoms with E-state index in [4.69, 9.17) is 23.2 Å². The van der Waals surface area contributed by atoms with Crippen LogP contribution in [-0.4, -0.2) is 35.8 Å². The molecule has 22 heavy (non-hydrogen) atoms. The molecule has 0 saturated heterocycles. The Morgan fingerprint density at radius 2 is 2.00 bits per heavy atom. The van der Waals surface area contributed by atoms with Crippen molar-refractivity contribution in [2.24, 2.45) is 0 Å². The molecule has 0 unspecified atom stereocenters. The lowest BCUT2D eigenvalue weighted by Gasteiger charge is -2.04. The van der Waals surface area contributed by atoms with Crippen LogP contribution in [0.3, 0.4) is 0 Å². The van der Waals surface area contributed by atoms with E-state index in [2.05, 4.69) is 15.7 Å². The Labute approximate surface area is 145 Å². The van der Waals surface area contributed by atoms with Crippen molar-refractivity contribution < 1.29 is 4.79 Å². The number of nitrogens with one attached hydrogen (secondary N) is 2. The lowest BCUT2D eigenvalue weighted by molar-refractivity contribution is 0.0948. The van der Waals surface area contributed by atoms with Gasteiger partial charge in [-0.25, -0.2) is 4.68 Å². The fourth-order valence-electron chi connectivity index (χ4n) is 1.77. The van der Waals surface area contributed by atoms with Gasteiger partial charge in [0.2, 0.25) is 0 Å². The zero-order chi connectivity index (χ0) is 15.2. The Hall–Kier alpha value is -1.27. The van der Waals surface area contributed by atoms with Gasteiger partial charge in [0.05, 0.1) is 15.7 Å². The zero-order valence-electron chi connectivity index (χ0n) is 12.0. The molecule has 8 heteroatoms. The molecule has 2 aromatic rings. The van der Waals surface area contributed by atoms with Crippen molar-refractivity contribution in [1.82, 2.24) is 20.4 Å². The number of rotatable bonds is 6. The van der Waals surface area contributed by atoms with Crippen molar-refractivity contribution in [2.45, 2.75) is 6.42 Å². The monoisotopic (exact) mass is 362 g/mol. The third kappa shape index (κ3) is 4.88. The number of hydrogen-bond donors (Lipinski definition) is 2. The predicted molar refractivity (Wildman–Crippen MR) is 91.7 cm³/mol. The van der Waals surface area contributed by atoms with Crippen LogP contribution in [-0.2, 0) is 0 Å². The molecule has 1 amide bonds. The minimum atomic E-state index is -0.190. The van der Waals surface area contributed by atoms with Crippen LogP contribution in [0.5, 0.6) is 0 Å². The van der Waals surface area contributed by atoms with Gasteiger partial charge in [0.1, 0.15) is 0 Å². The van der Waals surface area contributed by atoms with Crippen molar-refractivity contribution in [3.05, 3.63) is 46.2 Å². The van der Waals surface area contributed by atoms with E-state index in [1.54, 1.807) is 35.1 Å². The fraction of sp³-hybridized carbons (Fsp3) is 0.286. The molecule has 0 aliphatic heterocycles. The van der Waals surface area contributed by atoms with E-state index in [9.17, 15) is 4.79 Å². The van der Waals surface area contributed by atoms with Gasteiger partial charge in [-0.3, -0.25) is 4.79 Å². The maximum atomic E-state index is 11.9. The van der Waals surface area contributed by atoms with Gasteiger partial charge >= 0.3 is 0 Å². The predicted octanol–water partition coefficient (Wildman–Crippen LogP) is 2.94. The molecule has 1 aromatic carbocycles. The highest BCUT2D eigenvalue weighted by Gasteiger charge is 2.10. The zero-order valence-corrected chi connectivity index (χ0v) is 14.3. The molecule has 1 heterocycles. The summed E-state index contributed by atoms with van der Waals surface area (Å²) < 4.78 is 1.59. The Kier molecular flexibility index (Phi) is 7.68. The average molecular weight is 364 g/mol. The van der Waals surface area contributed by atoms with Crippen molar-refractivity contribution >= 4 is 41.5 Å². The molecular formula is C14H17Cl3N4O. The summed E-state index contributed by atoms with van der Waals surface area (Å²) in [5.74, 6) is -0.190. The Morgan fingerprint density at radius 1 is 1.23 bits per heavy atom. The van der Waals surface area contributed by atoms with E-state index >= 15 is 0 Å². The van der Waals surface area contributed by atoms with Crippen LogP contribution in [0.1, 0.15) is 16.9 Å². The molecule has 0 aliphatic rings. The molecule has 5 nitrogen and oxygen atoms in total. The Morgan fingerprint density at radius 3 is 2.68 bits per heavy atom. The summed E-state index contributed by atoms with van der Waals surface area (Å²) >= 11 is 11.8. The molecule has 2 N–H and O–H groups in total. The van der Waals surface area contributed by atoms with Crippen LogP contribution in [0.2, 0.25) is 10.0 Å². The molecule has 1 aromatic heterocycles. The molecule has 120 valence electrons. The van der Waals surface area contributed by atoms with Crippen molar-refractivity contribution in [3.8, 4) is 5.69 Å². The van der Waals surface area contributed by atoms with E-state index < -0.39 is 0 Å². The number of nitrogens with zero attached hydrogens (tertiary/aromatic N) is 2. The minimum absolute atomic E-state index is 0. The van der Waals surface area contributed by atoms with Crippen LogP contribution < -0.4 is 10.6 Å². The quantitative estimate of drug-likeness (QED) is 0.776. The van der Waals surface area contributed by atoms with Gasteiger partial charge in [-0.15, -0.1) is 12.4 Å². The maximum Gasteiger partial charge on any atom is 0.271 e. The van der Waals surface area contributed by atoms with Crippen LogP contribution >= 0.6 is 35.6 Å². The lowest BCUT2D eigenvalue weighted by atomic mass is 10.3. The van der Waals surface area contributed by atoms with Crippen LogP contribution in [0.25, 0.3) is 5.69 Å². The molecule has 0 fully saturated rings. The number of hydrogen-bond acceptors (Lipinski definition) is 3. The fourth-order valence-corrected chi connectivity index (χ4v) is 2.07. The number of carbonyl (C=O) groups is 1. The van der Waals surface area contributed by atoms with Crippen LogP contribution in [0.15, 0.2) is 30.5 Å². The van der Waals surface area contributed by atoms with Gasteiger partial charge in [0, 0.05) is 12.7 Å². The smallest absolute Gasteiger partial charge is 0.271 e. The van der Waals surface area contributed by atoms with E-state index in [0.717, 1.165) is 18.7 Å². The number of aromatic nitrogens is 2. The van der Waals surface area contributed by atoms with E-state index in [1.165, 1.54) is 0 Å². The number of carbonyl (C=O) groups excluding carboxylic acids is 1. The second-order valence-electron chi connectivity index (χ2n) is 4.46. The average Bonchev–Trinajstić information content (AvgIpc) is 2.96. The normalized spacial score (nSPS) is 10.1. The first-order valence-corrected chi connectivity index (χ1v) is 7.31. The summed E-state index contributed by atoms with van der Waals surface area (Å²) in [6, 6.07) is 6.84.